The molecule has 4 rings (SSSR count). The van der Waals surface area contributed by atoms with E-state index in [4.69, 9.17) is 10.5 Å². The molecule has 29 heavy (non-hydrogen) atoms. The molecule has 2 aromatic heterocycles. The van der Waals surface area contributed by atoms with Crippen LogP contribution in [0.15, 0.2) is 26.4 Å². The van der Waals surface area contributed by atoms with Gasteiger partial charge in [-0.15, -0.1) is 0 Å². The number of hydrogen-bond acceptors (Lipinski definition) is 4. The van der Waals surface area contributed by atoms with Gasteiger partial charge in [-0.05, 0) is 23.3 Å². The number of H-pyrrole nitrogens is 1. The van der Waals surface area contributed by atoms with Crippen molar-refractivity contribution in [2.45, 2.75) is 37.6 Å². The average molecular weight is 426 g/mol. The minimum atomic E-state index is -3.26. The maximum Gasteiger partial charge on any atom is 0.329 e. The van der Waals surface area contributed by atoms with E-state index in [1.54, 1.807) is 23.8 Å². The lowest BCUT2D eigenvalue weighted by atomic mass is 9.98. The molecule has 3 N–H and O–H groups in total. The van der Waals surface area contributed by atoms with E-state index in [1.165, 1.54) is 11.7 Å². The van der Waals surface area contributed by atoms with Crippen molar-refractivity contribution in [2.24, 2.45) is 5.73 Å². The number of rotatable bonds is 5. The van der Waals surface area contributed by atoms with E-state index < -0.39 is 44.9 Å². The van der Waals surface area contributed by atoms with E-state index in [0.717, 1.165) is 0 Å². The summed E-state index contributed by atoms with van der Waals surface area (Å²) < 4.78 is 49.9. The van der Waals surface area contributed by atoms with Crippen molar-refractivity contribution in [3.05, 3.63) is 49.0 Å². The van der Waals surface area contributed by atoms with Gasteiger partial charge in [0.25, 0.3) is 12.0 Å². The molecule has 0 bridgehead atoms. The van der Waals surface area contributed by atoms with Crippen LogP contribution >= 0.6 is 10.5 Å². The van der Waals surface area contributed by atoms with Crippen molar-refractivity contribution in [1.82, 2.24) is 9.55 Å². The third kappa shape index (κ3) is 3.06. The van der Waals surface area contributed by atoms with E-state index >= 15 is 4.39 Å². The smallest absolute Gasteiger partial charge is 0.329 e. The molecular weight excluding hydrogens is 407 g/mol. The lowest BCUT2D eigenvalue weighted by molar-refractivity contribution is 0.148. The van der Waals surface area contributed by atoms with Crippen LogP contribution in [0.4, 0.5) is 13.2 Å². The zero-order valence-electron chi connectivity index (χ0n) is 15.7. The summed E-state index contributed by atoms with van der Waals surface area (Å²) in [5.41, 5.74) is 3.12. The molecule has 10 heteroatoms. The van der Waals surface area contributed by atoms with Crippen molar-refractivity contribution in [1.29, 1.82) is 0 Å². The molecule has 0 spiro atoms. The Morgan fingerprint density at radius 3 is 2.55 bits per heavy atom. The molecule has 1 aliphatic rings. The SMILES string of the molecule is COc1c(-c2cc[s+](C(C)N)c2)c(F)c(C(F)F)c2c(=O)[nH]c(=O)n(C3CC3)c12. The van der Waals surface area contributed by atoms with Gasteiger partial charge < -0.3 is 4.74 Å². The number of halogens is 3. The molecule has 1 saturated carbocycles. The first-order chi connectivity index (χ1) is 13.8. The Hall–Kier alpha value is -2.59. The fourth-order valence-corrected chi connectivity index (χ4v) is 4.91. The van der Waals surface area contributed by atoms with Crippen LogP contribution in [0.3, 0.4) is 0 Å². The van der Waals surface area contributed by atoms with Crippen LogP contribution in [0.1, 0.15) is 43.2 Å². The van der Waals surface area contributed by atoms with Gasteiger partial charge >= 0.3 is 5.69 Å². The summed E-state index contributed by atoms with van der Waals surface area (Å²) in [7, 11) is 0.756. The summed E-state index contributed by atoms with van der Waals surface area (Å²) in [5, 5.41) is 2.68. The normalized spacial score (nSPS) is 15.9. The number of nitrogens with two attached hydrogens (primary N) is 1. The van der Waals surface area contributed by atoms with E-state index in [1.807, 2.05) is 4.98 Å². The van der Waals surface area contributed by atoms with Crippen molar-refractivity contribution < 1.29 is 17.9 Å². The van der Waals surface area contributed by atoms with E-state index in [9.17, 15) is 18.4 Å². The second-order valence-corrected chi connectivity index (χ2v) is 9.08. The second kappa shape index (κ2) is 7.03. The number of fused-ring (bicyclic) bond motifs is 1. The highest BCUT2D eigenvalue weighted by Gasteiger charge is 2.35. The Bertz CT molecular complexity index is 1230. The van der Waals surface area contributed by atoms with Gasteiger partial charge in [-0.1, -0.05) is 0 Å². The summed E-state index contributed by atoms with van der Waals surface area (Å²) in [6, 6.07) is 1.34. The van der Waals surface area contributed by atoms with Gasteiger partial charge in [0.15, 0.2) is 11.1 Å². The third-order valence-electron chi connectivity index (χ3n) is 5.03. The fourth-order valence-electron chi connectivity index (χ4n) is 3.58. The molecule has 2 heterocycles. The first-order valence-electron chi connectivity index (χ1n) is 8.99. The molecule has 1 fully saturated rings. The maximum absolute atomic E-state index is 15.4. The molecule has 1 aromatic carbocycles. The molecule has 0 aliphatic heterocycles. The monoisotopic (exact) mass is 426 g/mol. The second-order valence-electron chi connectivity index (χ2n) is 7.01. The summed E-state index contributed by atoms with van der Waals surface area (Å²) in [5.74, 6) is -1.34. The summed E-state index contributed by atoms with van der Waals surface area (Å²) in [6.45, 7) is 1.79. The lowest BCUT2D eigenvalue weighted by Crippen LogP contribution is -2.31. The molecule has 1 aliphatic carbocycles. The molecule has 0 saturated heterocycles. The van der Waals surface area contributed by atoms with Gasteiger partial charge in [0.1, 0.15) is 22.1 Å². The number of benzene rings is 1. The molecule has 6 nitrogen and oxygen atoms in total. The standard InChI is InChI=1S/C19H18F3N3O3S/c1-8(23)29-6-5-9(7-29)11-14(20)12(17(21)22)13-15(16(11)28-2)25(10-3-4-10)19(27)24-18(13)26/h5-8,10,17H,3-4,23H2,1-2H3/p+1. The first kappa shape index (κ1) is 19.7. The Labute approximate surface area is 165 Å². The number of thiophene rings is 1. The first-order valence-corrected chi connectivity index (χ1v) is 10.4. The Kier molecular flexibility index (Phi) is 4.78. The van der Waals surface area contributed by atoms with Gasteiger partial charge in [0.2, 0.25) is 0 Å². The van der Waals surface area contributed by atoms with E-state index in [2.05, 4.69) is 0 Å². The van der Waals surface area contributed by atoms with Crippen molar-refractivity contribution >= 4 is 21.4 Å². The highest BCUT2D eigenvalue weighted by atomic mass is 32.2. The van der Waals surface area contributed by atoms with Crippen LogP contribution < -0.4 is 21.7 Å². The minimum Gasteiger partial charge on any atom is -0.494 e. The highest BCUT2D eigenvalue weighted by molar-refractivity contribution is 7.29. The molecule has 2 unspecified atom stereocenters. The maximum atomic E-state index is 15.4. The Morgan fingerprint density at radius 2 is 2.03 bits per heavy atom. The van der Waals surface area contributed by atoms with Gasteiger partial charge in [0, 0.05) is 24.6 Å². The van der Waals surface area contributed by atoms with Crippen LogP contribution in [0.5, 0.6) is 5.75 Å². The fraction of sp³-hybridized carbons (Fsp3) is 0.368. The predicted molar refractivity (Wildman–Crippen MR) is 105 cm³/mol. The van der Waals surface area contributed by atoms with Crippen LogP contribution in [0.2, 0.25) is 0 Å². The van der Waals surface area contributed by atoms with Crippen molar-refractivity contribution in [2.75, 3.05) is 7.11 Å². The number of aromatic amines is 1. The lowest BCUT2D eigenvalue weighted by Gasteiger charge is -2.18. The number of aromatic nitrogens is 2. The van der Waals surface area contributed by atoms with E-state index in [-0.39, 0.29) is 28.2 Å². The van der Waals surface area contributed by atoms with Crippen LogP contribution in [0, 0.1) is 5.82 Å². The average Bonchev–Trinajstić information content (AvgIpc) is 3.35. The number of nitrogens with zero attached hydrogens (tertiary/aromatic N) is 1. The summed E-state index contributed by atoms with van der Waals surface area (Å²) >= 11 is 0. The minimum absolute atomic E-state index is 0.0997. The largest absolute Gasteiger partial charge is 0.494 e. The summed E-state index contributed by atoms with van der Waals surface area (Å²) in [6.07, 6.45) is -1.96. The number of nitrogens with one attached hydrogen (secondary N) is 1. The predicted octanol–water partition coefficient (Wildman–Crippen LogP) is 4.00. The Balaban J connectivity index is 2.22. The van der Waals surface area contributed by atoms with Crippen LogP contribution in [0.25, 0.3) is 22.0 Å². The molecular formula is C19H19F3N3O3S+. The van der Waals surface area contributed by atoms with E-state index in [0.29, 0.717) is 18.4 Å². The zero-order chi connectivity index (χ0) is 21.0. The topological polar surface area (TPSA) is 90.1 Å². The molecule has 0 radical (unpaired) electrons. The van der Waals surface area contributed by atoms with Gasteiger partial charge in [-0.25, -0.2) is 18.0 Å². The molecule has 154 valence electrons. The number of alkyl halides is 2. The summed E-state index contributed by atoms with van der Waals surface area (Å²) in [4.78, 5) is 27.0. The van der Waals surface area contributed by atoms with Crippen molar-refractivity contribution in [3.8, 4) is 16.9 Å². The van der Waals surface area contributed by atoms with Crippen LogP contribution in [-0.4, -0.2) is 16.7 Å². The quantitative estimate of drug-likeness (QED) is 0.604. The number of hydrogen-bond donors (Lipinski definition) is 2. The third-order valence-corrected chi connectivity index (χ3v) is 6.87. The molecule has 3 aromatic rings. The Morgan fingerprint density at radius 1 is 1.34 bits per heavy atom. The van der Waals surface area contributed by atoms with Gasteiger partial charge in [-0.3, -0.25) is 20.1 Å². The number of ether oxygens (including phenoxy) is 1. The van der Waals surface area contributed by atoms with Gasteiger partial charge in [-0.2, -0.15) is 0 Å². The molecule has 0 amide bonds. The van der Waals surface area contributed by atoms with Crippen LogP contribution in [-0.2, 0) is 0 Å². The number of methoxy groups -OCH3 is 1. The van der Waals surface area contributed by atoms with Crippen molar-refractivity contribution in [3.63, 3.8) is 0 Å². The van der Waals surface area contributed by atoms with Gasteiger partial charge in [0.05, 0.1) is 23.6 Å². The molecule has 2 atom stereocenters. The highest BCUT2D eigenvalue weighted by Crippen LogP contribution is 2.47. The zero-order valence-corrected chi connectivity index (χ0v) is 16.5.